The Balaban J connectivity index is 1.94. The predicted octanol–water partition coefficient (Wildman–Crippen LogP) is 1.05. The number of aryl methyl sites for hydroxylation is 4. The molecule has 1 aliphatic heterocycles. The van der Waals surface area contributed by atoms with Crippen LogP contribution in [0.2, 0.25) is 0 Å². The molecule has 1 saturated heterocycles. The van der Waals surface area contributed by atoms with Gasteiger partial charge in [-0.05, 0) is 62.1 Å². The van der Waals surface area contributed by atoms with E-state index < -0.39 is 53.5 Å². The summed E-state index contributed by atoms with van der Waals surface area (Å²) in [6.45, 7) is 6.12. The SMILES string of the molecule is Cc1ccc(C)c(S(=O)(=O)NCCN([C@H]2CS(=O)(=O)C[C@H]2O)S(=O)(=O)c2cc(C)ccc2C)c1. The van der Waals surface area contributed by atoms with Crippen molar-refractivity contribution in [1.29, 1.82) is 0 Å². The lowest BCUT2D eigenvalue weighted by atomic mass is 10.2. The minimum Gasteiger partial charge on any atom is -0.390 e. The molecule has 0 spiro atoms. The average molecular weight is 531 g/mol. The minimum atomic E-state index is -4.24. The first-order valence-electron chi connectivity index (χ1n) is 10.7. The normalized spacial score (nSPS) is 20.6. The quantitative estimate of drug-likeness (QED) is 0.520. The Bertz CT molecular complexity index is 1400. The standard InChI is InChI=1S/C22H30N2O7S3/c1-15-5-7-17(3)21(11-15)33(28,29)23-9-10-24(19-13-32(26,27)14-20(19)25)34(30,31)22-12-16(2)6-8-18(22)4/h5-8,11-12,19-20,23,25H,9-10,13-14H2,1-4H3/t19-,20+/m0/s1. The van der Waals surface area contributed by atoms with E-state index in [0.717, 1.165) is 9.87 Å². The Morgan fingerprint density at radius 3 is 1.97 bits per heavy atom. The molecule has 9 nitrogen and oxygen atoms in total. The van der Waals surface area contributed by atoms with Crippen molar-refractivity contribution in [1.82, 2.24) is 9.03 Å². The molecule has 2 atom stereocenters. The van der Waals surface area contributed by atoms with Crippen LogP contribution in [0.5, 0.6) is 0 Å². The fourth-order valence-corrected chi connectivity index (χ4v) is 9.24. The van der Waals surface area contributed by atoms with Gasteiger partial charge in [0.05, 0.1) is 33.4 Å². The lowest BCUT2D eigenvalue weighted by Gasteiger charge is -2.30. The Kier molecular flexibility index (Phi) is 7.61. The number of hydrogen-bond donors (Lipinski definition) is 2. The number of rotatable bonds is 8. The molecule has 1 aliphatic rings. The van der Waals surface area contributed by atoms with Gasteiger partial charge >= 0.3 is 0 Å². The lowest BCUT2D eigenvalue weighted by Crippen LogP contribution is -2.49. The van der Waals surface area contributed by atoms with Crippen molar-refractivity contribution in [2.45, 2.75) is 49.6 Å². The summed E-state index contributed by atoms with van der Waals surface area (Å²) in [5.41, 5.74) is 2.45. The zero-order chi connectivity index (χ0) is 25.5. The van der Waals surface area contributed by atoms with Gasteiger partial charge in [0.25, 0.3) is 0 Å². The van der Waals surface area contributed by atoms with E-state index >= 15 is 0 Å². The number of nitrogens with one attached hydrogen (secondary N) is 1. The summed E-state index contributed by atoms with van der Waals surface area (Å²) in [7, 11) is -11.8. The maximum Gasteiger partial charge on any atom is 0.243 e. The third kappa shape index (κ3) is 5.69. The smallest absolute Gasteiger partial charge is 0.243 e. The summed E-state index contributed by atoms with van der Waals surface area (Å²) in [5, 5.41) is 10.4. The van der Waals surface area contributed by atoms with Gasteiger partial charge in [0.2, 0.25) is 20.0 Å². The molecule has 0 aromatic heterocycles. The van der Waals surface area contributed by atoms with Crippen LogP contribution in [-0.4, -0.2) is 71.4 Å². The van der Waals surface area contributed by atoms with E-state index in [0.29, 0.717) is 16.7 Å². The second-order valence-electron chi connectivity index (χ2n) is 8.76. The maximum absolute atomic E-state index is 13.6. The van der Waals surface area contributed by atoms with E-state index in [2.05, 4.69) is 4.72 Å². The molecule has 0 amide bonds. The highest BCUT2D eigenvalue weighted by molar-refractivity contribution is 7.92. The highest BCUT2D eigenvalue weighted by atomic mass is 32.2. The van der Waals surface area contributed by atoms with E-state index in [1.807, 2.05) is 0 Å². The van der Waals surface area contributed by atoms with Crippen LogP contribution in [0, 0.1) is 27.7 Å². The van der Waals surface area contributed by atoms with Crippen LogP contribution in [0.15, 0.2) is 46.2 Å². The third-order valence-corrected chi connectivity index (χ3v) is 11.2. The summed E-state index contributed by atoms with van der Waals surface area (Å²) in [6, 6.07) is 8.65. The first-order valence-corrected chi connectivity index (χ1v) is 15.4. The Hall–Kier alpha value is -1.83. The van der Waals surface area contributed by atoms with E-state index in [-0.39, 0.29) is 22.9 Å². The average Bonchev–Trinajstić information content (AvgIpc) is 3.00. The van der Waals surface area contributed by atoms with Crippen molar-refractivity contribution in [3.05, 3.63) is 58.7 Å². The Morgan fingerprint density at radius 1 is 0.912 bits per heavy atom. The van der Waals surface area contributed by atoms with Crippen molar-refractivity contribution in [3.63, 3.8) is 0 Å². The van der Waals surface area contributed by atoms with Gasteiger partial charge in [0.1, 0.15) is 0 Å². The van der Waals surface area contributed by atoms with Gasteiger partial charge < -0.3 is 5.11 Å². The predicted molar refractivity (Wildman–Crippen MR) is 129 cm³/mol. The van der Waals surface area contributed by atoms with E-state index in [9.17, 15) is 30.4 Å². The first kappa shape index (κ1) is 26.8. The molecular formula is C22H30N2O7S3. The fraction of sp³-hybridized carbons (Fsp3) is 0.455. The molecule has 0 aliphatic carbocycles. The molecule has 12 heteroatoms. The largest absolute Gasteiger partial charge is 0.390 e. The van der Waals surface area contributed by atoms with Gasteiger partial charge in [-0.25, -0.2) is 30.0 Å². The minimum absolute atomic E-state index is 0.0126. The molecule has 1 fully saturated rings. The Morgan fingerprint density at radius 2 is 1.44 bits per heavy atom. The number of aliphatic hydroxyl groups is 1. The number of benzene rings is 2. The zero-order valence-corrected chi connectivity index (χ0v) is 22.0. The number of sulfone groups is 1. The summed E-state index contributed by atoms with van der Waals surface area (Å²) in [5.74, 6) is -1.09. The van der Waals surface area contributed by atoms with Crippen LogP contribution in [0.4, 0.5) is 0 Å². The second-order valence-corrected chi connectivity index (χ2v) is 14.5. The summed E-state index contributed by atoms with van der Waals surface area (Å²) < 4.78 is 80.6. The van der Waals surface area contributed by atoms with Crippen molar-refractivity contribution >= 4 is 29.9 Å². The molecule has 2 aromatic rings. The molecule has 0 unspecified atom stereocenters. The molecule has 188 valence electrons. The molecule has 3 rings (SSSR count). The summed E-state index contributed by atoms with van der Waals surface area (Å²) in [6.07, 6.45) is -1.42. The molecule has 2 N–H and O–H groups in total. The molecule has 1 heterocycles. The first-order chi connectivity index (χ1) is 15.6. The topological polar surface area (TPSA) is 138 Å². The molecule has 34 heavy (non-hydrogen) atoms. The number of hydrogen-bond acceptors (Lipinski definition) is 7. The zero-order valence-electron chi connectivity index (χ0n) is 19.5. The van der Waals surface area contributed by atoms with Crippen molar-refractivity contribution in [2.75, 3.05) is 24.6 Å². The van der Waals surface area contributed by atoms with E-state index in [1.54, 1.807) is 52.0 Å². The van der Waals surface area contributed by atoms with Crippen molar-refractivity contribution in [3.8, 4) is 0 Å². The molecule has 0 saturated carbocycles. The van der Waals surface area contributed by atoms with Crippen molar-refractivity contribution in [2.24, 2.45) is 0 Å². The van der Waals surface area contributed by atoms with Crippen LogP contribution >= 0.6 is 0 Å². The number of sulfonamides is 2. The molecule has 0 radical (unpaired) electrons. The van der Waals surface area contributed by atoms with E-state index in [4.69, 9.17) is 0 Å². The monoisotopic (exact) mass is 530 g/mol. The van der Waals surface area contributed by atoms with Crippen LogP contribution < -0.4 is 4.72 Å². The van der Waals surface area contributed by atoms with Crippen LogP contribution in [0.25, 0.3) is 0 Å². The van der Waals surface area contributed by atoms with Gasteiger partial charge in [-0.3, -0.25) is 0 Å². The van der Waals surface area contributed by atoms with Crippen LogP contribution in [0.1, 0.15) is 22.3 Å². The highest BCUT2D eigenvalue weighted by Gasteiger charge is 2.45. The summed E-state index contributed by atoms with van der Waals surface area (Å²) in [4.78, 5) is 0.0706. The van der Waals surface area contributed by atoms with Gasteiger partial charge in [0.15, 0.2) is 9.84 Å². The third-order valence-electron chi connectivity index (χ3n) is 5.85. The van der Waals surface area contributed by atoms with Gasteiger partial charge in [-0.1, -0.05) is 24.3 Å². The Labute approximate surface area is 201 Å². The number of nitrogens with zero attached hydrogens (tertiary/aromatic N) is 1. The van der Waals surface area contributed by atoms with Gasteiger partial charge in [0, 0.05) is 13.1 Å². The van der Waals surface area contributed by atoms with Crippen LogP contribution in [0.3, 0.4) is 0 Å². The lowest BCUT2D eigenvalue weighted by molar-refractivity contribution is 0.128. The maximum atomic E-state index is 13.6. The van der Waals surface area contributed by atoms with E-state index in [1.165, 1.54) is 12.1 Å². The highest BCUT2D eigenvalue weighted by Crippen LogP contribution is 2.28. The second kappa shape index (κ2) is 9.67. The summed E-state index contributed by atoms with van der Waals surface area (Å²) >= 11 is 0. The van der Waals surface area contributed by atoms with Crippen LogP contribution in [-0.2, 0) is 29.9 Å². The number of aliphatic hydroxyl groups excluding tert-OH is 1. The fourth-order valence-electron chi connectivity index (χ4n) is 4.03. The molecule has 0 bridgehead atoms. The van der Waals surface area contributed by atoms with Crippen molar-refractivity contribution < 1.29 is 30.4 Å². The molecule has 2 aromatic carbocycles. The van der Waals surface area contributed by atoms with Gasteiger partial charge in [-0.15, -0.1) is 0 Å². The molecular weight excluding hydrogens is 500 g/mol. The van der Waals surface area contributed by atoms with Gasteiger partial charge in [-0.2, -0.15) is 4.31 Å².